The zero-order chi connectivity index (χ0) is 21.0. The van der Waals surface area contributed by atoms with Crippen molar-refractivity contribution in [2.45, 2.75) is 12.1 Å². The number of pyridine rings is 1. The van der Waals surface area contributed by atoms with E-state index in [0.29, 0.717) is 10.7 Å². The van der Waals surface area contributed by atoms with Gasteiger partial charge in [-0.1, -0.05) is 30.0 Å². The standard InChI is InChI=1S/C22H19N5O2S/c1-13-10-20-23-24-21(27(20)16-7-5-4-6-15(13)16)30-12-19(28)14-8-9-17-18(11-14)26(3)22(29)25(17)2/h4-11H,12H2,1-3H3. The van der Waals surface area contributed by atoms with Crippen LogP contribution in [0.3, 0.4) is 0 Å². The first-order valence-corrected chi connectivity index (χ1v) is 10.5. The van der Waals surface area contributed by atoms with Gasteiger partial charge in [0.1, 0.15) is 0 Å². The highest BCUT2D eigenvalue weighted by Gasteiger charge is 2.15. The minimum absolute atomic E-state index is 0.0219. The van der Waals surface area contributed by atoms with E-state index in [1.54, 1.807) is 35.4 Å². The normalized spacial score (nSPS) is 11.7. The summed E-state index contributed by atoms with van der Waals surface area (Å²) in [6.07, 6.45) is 0. The second kappa shape index (κ2) is 6.84. The molecule has 150 valence electrons. The summed E-state index contributed by atoms with van der Waals surface area (Å²) in [5.74, 6) is 0.210. The van der Waals surface area contributed by atoms with Crippen LogP contribution in [0.5, 0.6) is 0 Å². The molecular weight excluding hydrogens is 398 g/mol. The molecule has 0 saturated heterocycles. The summed E-state index contributed by atoms with van der Waals surface area (Å²) < 4.78 is 5.12. The Bertz CT molecular complexity index is 1530. The number of Topliss-reactive ketones (excluding diaryl/α,β-unsaturated/α-hetero) is 1. The number of benzene rings is 2. The molecule has 0 bridgehead atoms. The van der Waals surface area contributed by atoms with Crippen LogP contribution in [0.4, 0.5) is 0 Å². The zero-order valence-electron chi connectivity index (χ0n) is 16.8. The maximum Gasteiger partial charge on any atom is 0.328 e. The van der Waals surface area contributed by atoms with Crippen LogP contribution in [0.1, 0.15) is 15.9 Å². The Kier molecular flexibility index (Phi) is 4.25. The van der Waals surface area contributed by atoms with Crippen LogP contribution >= 0.6 is 11.8 Å². The number of aromatic nitrogens is 5. The van der Waals surface area contributed by atoms with Gasteiger partial charge in [-0.2, -0.15) is 0 Å². The predicted octanol–water partition coefficient (Wildman–Crippen LogP) is 3.36. The highest BCUT2D eigenvalue weighted by molar-refractivity contribution is 7.99. The summed E-state index contributed by atoms with van der Waals surface area (Å²) in [5, 5.41) is 10.4. The number of thioether (sulfide) groups is 1. The van der Waals surface area contributed by atoms with Gasteiger partial charge < -0.3 is 0 Å². The lowest BCUT2D eigenvalue weighted by Gasteiger charge is -2.07. The van der Waals surface area contributed by atoms with Gasteiger partial charge in [0.15, 0.2) is 16.6 Å². The summed E-state index contributed by atoms with van der Waals surface area (Å²) in [5.41, 5.74) is 4.94. The molecule has 0 saturated carbocycles. The fraction of sp³-hybridized carbons (Fsp3) is 0.182. The molecule has 0 spiro atoms. The quantitative estimate of drug-likeness (QED) is 0.331. The molecule has 0 aliphatic rings. The van der Waals surface area contributed by atoms with E-state index in [9.17, 15) is 9.59 Å². The smallest absolute Gasteiger partial charge is 0.295 e. The molecule has 3 heterocycles. The highest BCUT2D eigenvalue weighted by Crippen LogP contribution is 2.26. The van der Waals surface area contributed by atoms with Crippen molar-refractivity contribution < 1.29 is 4.79 Å². The average molecular weight is 417 g/mol. The van der Waals surface area contributed by atoms with Gasteiger partial charge in [0, 0.05) is 25.0 Å². The summed E-state index contributed by atoms with van der Waals surface area (Å²) in [6, 6.07) is 15.5. The lowest BCUT2D eigenvalue weighted by atomic mass is 10.1. The second-order valence-corrected chi connectivity index (χ2v) is 8.28. The molecule has 0 radical (unpaired) electrons. The van der Waals surface area contributed by atoms with E-state index in [-0.39, 0.29) is 17.2 Å². The first-order chi connectivity index (χ1) is 14.5. The van der Waals surface area contributed by atoms with Crippen molar-refractivity contribution in [3.63, 3.8) is 0 Å². The van der Waals surface area contributed by atoms with Crippen molar-refractivity contribution in [3.05, 3.63) is 70.1 Å². The largest absolute Gasteiger partial charge is 0.328 e. The third-order valence-corrected chi connectivity index (χ3v) is 6.43. The molecule has 0 atom stereocenters. The van der Waals surface area contributed by atoms with Gasteiger partial charge in [-0.15, -0.1) is 10.2 Å². The van der Waals surface area contributed by atoms with E-state index in [1.165, 1.54) is 11.8 Å². The molecule has 0 N–H and O–H groups in total. The summed E-state index contributed by atoms with van der Waals surface area (Å²) >= 11 is 1.36. The van der Waals surface area contributed by atoms with E-state index in [4.69, 9.17) is 0 Å². The lowest BCUT2D eigenvalue weighted by Crippen LogP contribution is -2.19. The molecule has 0 amide bonds. The van der Waals surface area contributed by atoms with Crippen LogP contribution < -0.4 is 5.69 Å². The molecule has 5 aromatic rings. The molecule has 0 unspecified atom stereocenters. The van der Waals surface area contributed by atoms with Gasteiger partial charge >= 0.3 is 5.69 Å². The summed E-state index contributed by atoms with van der Waals surface area (Å²) in [7, 11) is 3.44. The number of hydrogen-bond acceptors (Lipinski definition) is 5. The van der Waals surface area contributed by atoms with Crippen molar-refractivity contribution in [2.75, 3.05) is 5.75 Å². The molecule has 7 nitrogen and oxygen atoms in total. The van der Waals surface area contributed by atoms with Crippen molar-refractivity contribution in [3.8, 4) is 0 Å². The Balaban J connectivity index is 1.48. The van der Waals surface area contributed by atoms with Crippen LogP contribution in [0.2, 0.25) is 0 Å². The minimum atomic E-state index is -0.110. The Hall–Kier alpha value is -3.39. The maximum atomic E-state index is 12.9. The molecular formula is C22H19N5O2S. The van der Waals surface area contributed by atoms with Crippen LogP contribution in [-0.2, 0) is 14.1 Å². The van der Waals surface area contributed by atoms with Gasteiger partial charge in [-0.3, -0.25) is 18.3 Å². The molecule has 30 heavy (non-hydrogen) atoms. The fourth-order valence-electron chi connectivity index (χ4n) is 3.86. The SMILES string of the molecule is Cc1cc2nnc(SCC(=O)c3ccc4c(c3)n(C)c(=O)n4C)n2c2ccccc12. The van der Waals surface area contributed by atoms with Gasteiger partial charge in [-0.25, -0.2) is 4.79 Å². The summed E-state index contributed by atoms with van der Waals surface area (Å²) in [4.78, 5) is 25.0. The Morgan fingerprint density at radius 2 is 1.73 bits per heavy atom. The van der Waals surface area contributed by atoms with Crippen LogP contribution in [-0.4, -0.2) is 35.3 Å². The van der Waals surface area contributed by atoms with Crippen LogP contribution in [0.25, 0.3) is 27.6 Å². The molecule has 8 heteroatoms. The predicted molar refractivity (Wildman–Crippen MR) is 118 cm³/mol. The number of ketones is 1. The number of aryl methyl sites for hydroxylation is 3. The molecule has 5 rings (SSSR count). The molecule has 3 aromatic heterocycles. The molecule has 0 fully saturated rings. The second-order valence-electron chi connectivity index (χ2n) is 7.34. The number of hydrogen-bond donors (Lipinski definition) is 0. The Labute approximate surface area is 175 Å². The van der Waals surface area contributed by atoms with Gasteiger partial charge in [0.25, 0.3) is 0 Å². The summed E-state index contributed by atoms with van der Waals surface area (Å²) in [6.45, 7) is 2.06. The van der Waals surface area contributed by atoms with E-state index in [1.807, 2.05) is 34.7 Å². The van der Waals surface area contributed by atoms with Crippen molar-refractivity contribution in [1.29, 1.82) is 0 Å². The first kappa shape index (κ1) is 18.6. The minimum Gasteiger partial charge on any atom is -0.295 e. The lowest BCUT2D eigenvalue weighted by molar-refractivity contribution is 0.102. The van der Waals surface area contributed by atoms with Gasteiger partial charge in [0.05, 0.1) is 22.3 Å². The Morgan fingerprint density at radius 3 is 2.57 bits per heavy atom. The first-order valence-electron chi connectivity index (χ1n) is 9.50. The molecule has 0 aliphatic carbocycles. The van der Waals surface area contributed by atoms with Crippen LogP contribution in [0, 0.1) is 6.92 Å². The molecule has 0 aliphatic heterocycles. The van der Waals surface area contributed by atoms with E-state index >= 15 is 0 Å². The Morgan fingerprint density at radius 1 is 0.967 bits per heavy atom. The van der Waals surface area contributed by atoms with E-state index in [2.05, 4.69) is 23.2 Å². The monoisotopic (exact) mass is 417 g/mol. The third kappa shape index (κ3) is 2.75. The fourth-order valence-corrected chi connectivity index (χ4v) is 4.71. The highest BCUT2D eigenvalue weighted by atomic mass is 32.2. The number of rotatable bonds is 4. The maximum absolute atomic E-state index is 12.9. The average Bonchev–Trinajstić information content (AvgIpc) is 3.26. The third-order valence-electron chi connectivity index (χ3n) is 5.50. The van der Waals surface area contributed by atoms with Gasteiger partial charge in [0.2, 0.25) is 0 Å². The zero-order valence-corrected chi connectivity index (χ0v) is 17.6. The van der Waals surface area contributed by atoms with E-state index < -0.39 is 0 Å². The number of carbonyl (C=O) groups excluding carboxylic acids is 1. The van der Waals surface area contributed by atoms with Gasteiger partial charge in [-0.05, 0) is 42.8 Å². The number of carbonyl (C=O) groups is 1. The van der Waals surface area contributed by atoms with Crippen molar-refractivity contribution >= 4 is 45.1 Å². The van der Waals surface area contributed by atoms with Crippen molar-refractivity contribution in [2.24, 2.45) is 14.1 Å². The number of fused-ring (bicyclic) bond motifs is 4. The topological polar surface area (TPSA) is 74.2 Å². The number of nitrogens with zero attached hydrogens (tertiary/aromatic N) is 5. The van der Waals surface area contributed by atoms with E-state index in [0.717, 1.165) is 33.1 Å². The van der Waals surface area contributed by atoms with Crippen molar-refractivity contribution in [1.82, 2.24) is 23.7 Å². The number of imidazole rings is 1. The van der Waals surface area contributed by atoms with Crippen LogP contribution in [0.15, 0.2) is 58.5 Å². The molecule has 2 aromatic carbocycles. The number of para-hydroxylation sites is 1.